The molecular weight excluding hydrogens is 347 g/mol. The molecule has 0 aromatic heterocycles. The monoisotopic (exact) mass is 370 g/mol. The molecule has 1 heterocycles. The fourth-order valence-electron chi connectivity index (χ4n) is 2.71. The average molecular weight is 370 g/mol. The van der Waals surface area contributed by atoms with Crippen molar-refractivity contribution in [3.8, 4) is 0 Å². The van der Waals surface area contributed by atoms with Crippen molar-refractivity contribution >= 4 is 17.6 Å². The molecule has 2 aromatic rings. The minimum atomic E-state index is -0.359. The predicted molar refractivity (Wildman–Crippen MR) is 103 cm³/mol. The van der Waals surface area contributed by atoms with Crippen LogP contribution in [-0.4, -0.2) is 56.2 Å². The highest BCUT2D eigenvalue weighted by molar-refractivity contribution is 6.09. The first kappa shape index (κ1) is 19.0. The Morgan fingerprint density at radius 1 is 1.11 bits per heavy atom. The maximum absolute atomic E-state index is 13.5. The number of nitrogens with zero attached hydrogens (tertiary/aromatic N) is 2. The number of carbonyl (C=O) groups is 1. The van der Waals surface area contributed by atoms with Crippen LogP contribution in [0.5, 0.6) is 0 Å². The van der Waals surface area contributed by atoms with Gasteiger partial charge in [-0.25, -0.2) is 4.39 Å². The van der Waals surface area contributed by atoms with Crippen LogP contribution in [0.2, 0.25) is 0 Å². The number of hydrogen-bond donors (Lipinski definition) is 2. The molecule has 0 saturated carbocycles. The van der Waals surface area contributed by atoms with E-state index >= 15 is 0 Å². The summed E-state index contributed by atoms with van der Waals surface area (Å²) in [4.78, 5) is 19.2. The van der Waals surface area contributed by atoms with Crippen molar-refractivity contribution in [3.05, 3.63) is 66.0 Å². The second kappa shape index (κ2) is 9.80. The number of amides is 1. The summed E-state index contributed by atoms with van der Waals surface area (Å²) < 4.78 is 18.8. The molecule has 0 aliphatic carbocycles. The highest BCUT2D eigenvalue weighted by Gasteiger charge is 2.11. The van der Waals surface area contributed by atoms with Gasteiger partial charge in [-0.3, -0.25) is 20.0 Å². The Labute approximate surface area is 158 Å². The minimum Gasteiger partial charge on any atom is -0.379 e. The van der Waals surface area contributed by atoms with Crippen LogP contribution in [0, 0.1) is 5.82 Å². The van der Waals surface area contributed by atoms with Gasteiger partial charge in [-0.2, -0.15) is 0 Å². The summed E-state index contributed by atoms with van der Waals surface area (Å²) in [6.07, 6.45) is 0. The number of guanidine groups is 1. The lowest BCUT2D eigenvalue weighted by Gasteiger charge is -2.25. The van der Waals surface area contributed by atoms with Crippen LogP contribution >= 0.6 is 0 Å². The normalized spacial score (nSPS) is 15.4. The number of morpholine rings is 1. The first-order chi connectivity index (χ1) is 13.2. The van der Waals surface area contributed by atoms with Crippen molar-refractivity contribution in [2.75, 3.05) is 44.7 Å². The third-order valence-corrected chi connectivity index (χ3v) is 4.15. The summed E-state index contributed by atoms with van der Waals surface area (Å²) in [5, 5.41) is 5.77. The molecule has 1 saturated heterocycles. The number of aliphatic imine (C=N–C) groups is 1. The second-order valence-corrected chi connectivity index (χ2v) is 6.14. The van der Waals surface area contributed by atoms with Crippen LogP contribution in [0.3, 0.4) is 0 Å². The lowest BCUT2D eigenvalue weighted by atomic mass is 10.2. The van der Waals surface area contributed by atoms with Gasteiger partial charge in [-0.15, -0.1) is 0 Å². The van der Waals surface area contributed by atoms with Gasteiger partial charge in [0.2, 0.25) is 5.96 Å². The summed E-state index contributed by atoms with van der Waals surface area (Å²) in [5.74, 6) is -0.339. The van der Waals surface area contributed by atoms with Crippen molar-refractivity contribution in [1.29, 1.82) is 0 Å². The third kappa shape index (κ3) is 6.16. The molecule has 0 atom stereocenters. The maximum Gasteiger partial charge on any atom is 0.257 e. The summed E-state index contributed by atoms with van der Waals surface area (Å²) in [5.41, 5.74) is 1.05. The van der Waals surface area contributed by atoms with Crippen molar-refractivity contribution in [2.24, 2.45) is 4.99 Å². The molecule has 0 spiro atoms. The fourth-order valence-corrected chi connectivity index (χ4v) is 2.71. The largest absolute Gasteiger partial charge is 0.379 e. The van der Waals surface area contributed by atoms with E-state index in [1.807, 2.05) is 6.07 Å². The molecule has 27 heavy (non-hydrogen) atoms. The number of hydrogen-bond acceptors (Lipinski definition) is 4. The van der Waals surface area contributed by atoms with Gasteiger partial charge in [0, 0.05) is 30.9 Å². The minimum absolute atomic E-state index is 0.273. The van der Waals surface area contributed by atoms with Crippen molar-refractivity contribution in [2.45, 2.75) is 0 Å². The molecule has 0 bridgehead atoms. The standard InChI is InChI=1S/C20H23FN4O2/c21-17-7-4-8-18(15-17)23-20(22-9-10-25-11-13-27-14-12-25)24-19(26)16-5-2-1-3-6-16/h1-8,15H,9-14H2,(H2,22,23,24,26). The van der Waals surface area contributed by atoms with Crippen LogP contribution in [0.1, 0.15) is 10.4 Å². The lowest BCUT2D eigenvalue weighted by molar-refractivity contribution is 0.0394. The summed E-state index contributed by atoms with van der Waals surface area (Å²) in [7, 11) is 0. The lowest BCUT2D eigenvalue weighted by Crippen LogP contribution is -2.39. The molecular formula is C20H23FN4O2. The predicted octanol–water partition coefficient (Wildman–Crippen LogP) is 2.36. The Morgan fingerprint density at radius 3 is 2.63 bits per heavy atom. The van der Waals surface area contributed by atoms with Crippen LogP contribution in [-0.2, 0) is 4.74 Å². The van der Waals surface area contributed by atoms with E-state index in [0.29, 0.717) is 23.8 Å². The highest BCUT2D eigenvalue weighted by atomic mass is 19.1. The molecule has 142 valence electrons. The van der Waals surface area contributed by atoms with Gasteiger partial charge in [0.15, 0.2) is 0 Å². The zero-order valence-electron chi connectivity index (χ0n) is 15.0. The molecule has 1 fully saturated rings. The first-order valence-electron chi connectivity index (χ1n) is 8.94. The average Bonchev–Trinajstić information content (AvgIpc) is 2.69. The van der Waals surface area contributed by atoms with E-state index in [4.69, 9.17) is 4.74 Å². The number of ether oxygens (including phenoxy) is 1. The number of benzene rings is 2. The summed E-state index contributed by atoms with van der Waals surface area (Å²) in [6.45, 7) is 4.47. The number of nitrogens with one attached hydrogen (secondary N) is 2. The molecule has 7 heteroatoms. The topological polar surface area (TPSA) is 66.0 Å². The molecule has 1 aliphatic heterocycles. The van der Waals surface area contributed by atoms with Crippen LogP contribution < -0.4 is 10.6 Å². The zero-order chi connectivity index (χ0) is 18.9. The summed E-state index contributed by atoms with van der Waals surface area (Å²) >= 11 is 0. The van der Waals surface area contributed by atoms with Crippen LogP contribution in [0.25, 0.3) is 0 Å². The zero-order valence-corrected chi connectivity index (χ0v) is 15.0. The Morgan fingerprint density at radius 2 is 1.89 bits per heavy atom. The summed E-state index contributed by atoms with van der Waals surface area (Å²) in [6, 6.07) is 14.9. The van der Waals surface area contributed by atoms with Crippen LogP contribution in [0.4, 0.5) is 10.1 Å². The number of anilines is 1. The Balaban J connectivity index is 1.67. The number of carbonyl (C=O) groups excluding carboxylic acids is 1. The van der Waals surface area contributed by atoms with Gasteiger partial charge in [-0.05, 0) is 30.3 Å². The van der Waals surface area contributed by atoms with Gasteiger partial charge >= 0.3 is 0 Å². The van der Waals surface area contributed by atoms with E-state index in [0.717, 1.165) is 32.8 Å². The van der Waals surface area contributed by atoms with Gasteiger partial charge in [-0.1, -0.05) is 24.3 Å². The van der Waals surface area contributed by atoms with E-state index in [1.54, 1.807) is 36.4 Å². The van der Waals surface area contributed by atoms with E-state index < -0.39 is 0 Å². The Bertz CT molecular complexity index is 777. The maximum atomic E-state index is 13.5. The van der Waals surface area contributed by atoms with Crippen molar-refractivity contribution in [3.63, 3.8) is 0 Å². The van der Waals surface area contributed by atoms with Gasteiger partial charge in [0.1, 0.15) is 5.82 Å². The van der Waals surface area contributed by atoms with Gasteiger partial charge in [0.25, 0.3) is 5.91 Å². The van der Waals surface area contributed by atoms with Gasteiger partial charge < -0.3 is 10.1 Å². The SMILES string of the molecule is O=C(NC(=NCCN1CCOCC1)Nc1cccc(F)c1)c1ccccc1. The number of halogens is 1. The third-order valence-electron chi connectivity index (χ3n) is 4.15. The number of rotatable bonds is 5. The molecule has 3 rings (SSSR count). The Hall–Kier alpha value is -2.77. The molecule has 6 nitrogen and oxygen atoms in total. The molecule has 2 aromatic carbocycles. The second-order valence-electron chi connectivity index (χ2n) is 6.14. The van der Waals surface area contributed by atoms with E-state index in [1.165, 1.54) is 12.1 Å². The first-order valence-corrected chi connectivity index (χ1v) is 8.94. The van der Waals surface area contributed by atoms with E-state index in [2.05, 4.69) is 20.5 Å². The molecule has 0 unspecified atom stereocenters. The quantitative estimate of drug-likeness (QED) is 0.626. The molecule has 1 amide bonds. The van der Waals surface area contributed by atoms with E-state index in [9.17, 15) is 9.18 Å². The fraction of sp³-hybridized carbons (Fsp3) is 0.300. The van der Waals surface area contributed by atoms with Crippen molar-refractivity contribution in [1.82, 2.24) is 10.2 Å². The van der Waals surface area contributed by atoms with Crippen LogP contribution in [0.15, 0.2) is 59.6 Å². The molecule has 2 N–H and O–H groups in total. The molecule has 1 aliphatic rings. The smallest absolute Gasteiger partial charge is 0.257 e. The van der Waals surface area contributed by atoms with E-state index in [-0.39, 0.29) is 11.7 Å². The Kier molecular flexibility index (Phi) is 6.90. The van der Waals surface area contributed by atoms with Crippen molar-refractivity contribution < 1.29 is 13.9 Å². The highest BCUT2D eigenvalue weighted by Crippen LogP contribution is 2.09. The molecule has 0 radical (unpaired) electrons. The van der Waals surface area contributed by atoms with Gasteiger partial charge in [0.05, 0.1) is 19.8 Å².